The second kappa shape index (κ2) is 8.48. The van der Waals surface area contributed by atoms with E-state index in [9.17, 15) is 0 Å². The third-order valence-electron chi connectivity index (χ3n) is 4.44. The van der Waals surface area contributed by atoms with Gasteiger partial charge in [-0.2, -0.15) is 0 Å². The second-order valence-electron chi connectivity index (χ2n) is 5.96. The van der Waals surface area contributed by atoms with Crippen LogP contribution in [-0.2, 0) is 20.8 Å². The van der Waals surface area contributed by atoms with Crippen molar-refractivity contribution >= 4 is 17.0 Å². The monoisotopic (exact) mass is 430 g/mol. The molecule has 0 N–H and O–H groups in total. The van der Waals surface area contributed by atoms with Crippen molar-refractivity contribution in [3.8, 4) is 11.1 Å². The summed E-state index contributed by atoms with van der Waals surface area (Å²) in [4.78, 5) is 0. The van der Waals surface area contributed by atoms with Crippen molar-refractivity contribution in [2.45, 2.75) is 12.8 Å². The predicted molar refractivity (Wildman–Crippen MR) is 101 cm³/mol. The molecule has 0 saturated heterocycles. The van der Waals surface area contributed by atoms with Crippen LogP contribution in [0.1, 0.15) is 24.0 Å². The third kappa shape index (κ3) is 3.85. The van der Waals surface area contributed by atoms with Crippen molar-refractivity contribution < 1.29 is 20.8 Å². The zero-order valence-electron chi connectivity index (χ0n) is 13.4. The van der Waals surface area contributed by atoms with Crippen LogP contribution in [0.25, 0.3) is 11.1 Å². The summed E-state index contributed by atoms with van der Waals surface area (Å²) in [7, 11) is 9.87. The molecule has 0 fully saturated rings. The summed E-state index contributed by atoms with van der Waals surface area (Å²) in [6.45, 7) is 2.16. The fraction of sp³-hybridized carbons (Fsp3) is 0.143. The number of hydrogen-bond donors (Lipinski definition) is 0. The van der Waals surface area contributed by atoms with Gasteiger partial charge in [-0.05, 0) is 29.2 Å². The molecule has 0 bridgehead atoms. The first-order chi connectivity index (χ1) is 11.7. The van der Waals surface area contributed by atoms with Crippen molar-refractivity contribution in [2.24, 2.45) is 5.92 Å². The van der Waals surface area contributed by atoms with Crippen LogP contribution in [0.2, 0.25) is 0 Å². The number of allylic oxidation sites excluding steroid dienone is 6. The molecule has 4 rings (SSSR count). The molecule has 1 atom stereocenters. The van der Waals surface area contributed by atoms with Crippen LogP contribution in [-0.4, -0.2) is 0 Å². The summed E-state index contributed by atoms with van der Waals surface area (Å²) in [6.07, 6.45) is 11.5. The van der Waals surface area contributed by atoms with E-state index < -0.39 is 20.8 Å². The van der Waals surface area contributed by atoms with E-state index >= 15 is 0 Å². The van der Waals surface area contributed by atoms with Crippen LogP contribution in [0, 0.1) is 5.92 Å². The van der Waals surface area contributed by atoms with Crippen molar-refractivity contribution in [1.82, 2.24) is 0 Å². The van der Waals surface area contributed by atoms with E-state index in [2.05, 4.69) is 85.8 Å². The maximum absolute atomic E-state index is 4.93. The molecule has 120 valence electrons. The summed E-state index contributed by atoms with van der Waals surface area (Å²) in [6, 6.07) is 17.5. The minimum atomic E-state index is -0.826. The zero-order valence-corrected chi connectivity index (χ0v) is 17.4. The molecule has 0 spiro atoms. The Labute approximate surface area is 162 Å². The Morgan fingerprint density at radius 1 is 0.875 bits per heavy atom. The van der Waals surface area contributed by atoms with Gasteiger partial charge in [-0.15, -0.1) is 0 Å². The first-order valence-electron chi connectivity index (χ1n) is 7.94. The van der Waals surface area contributed by atoms with Crippen LogP contribution >= 0.6 is 17.0 Å². The molecule has 2 aliphatic rings. The molecule has 0 saturated carbocycles. The summed E-state index contributed by atoms with van der Waals surface area (Å²) in [5.74, 6) is 0.838. The summed E-state index contributed by atoms with van der Waals surface area (Å²) in [5.41, 5.74) is 6.99. The Balaban J connectivity index is 0.000000526. The van der Waals surface area contributed by atoms with E-state index in [0.717, 1.165) is 0 Å². The average Bonchev–Trinajstić information content (AvgIpc) is 3.15. The number of rotatable bonds is 2. The third-order valence-corrected chi connectivity index (χ3v) is 4.44. The quantitative estimate of drug-likeness (QED) is 0.455. The average molecular weight is 433 g/mol. The van der Waals surface area contributed by atoms with Gasteiger partial charge in [-0.25, -0.2) is 0 Å². The van der Waals surface area contributed by atoms with E-state index in [1.807, 2.05) is 0 Å². The standard InChI is InChI=1S/C21H18.2ClH.Zr/c1-15-10-11-16(14-15)12-13-21-19-8-4-2-6-17(19)18-7-3-5-9-20(18)21;;;/h2-14,16,21H,1H3;2*1H;/q;;;+2/p-2. The van der Waals surface area contributed by atoms with Crippen molar-refractivity contribution in [1.29, 1.82) is 0 Å². The molecular formula is C21H18Cl2Zr. The van der Waals surface area contributed by atoms with Crippen LogP contribution in [0.15, 0.2) is 84.5 Å². The van der Waals surface area contributed by atoms with Gasteiger partial charge in [0, 0.05) is 11.8 Å². The molecule has 0 heterocycles. The Hall–Kier alpha value is -0.877. The van der Waals surface area contributed by atoms with Gasteiger partial charge in [0.2, 0.25) is 0 Å². The predicted octanol–water partition coefficient (Wildman–Crippen LogP) is 6.86. The summed E-state index contributed by atoms with van der Waals surface area (Å²) in [5, 5.41) is 0. The summed E-state index contributed by atoms with van der Waals surface area (Å²) < 4.78 is 0. The Morgan fingerprint density at radius 3 is 1.92 bits per heavy atom. The number of fused-ring (bicyclic) bond motifs is 3. The van der Waals surface area contributed by atoms with E-state index in [1.165, 1.54) is 27.8 Å². The molecule has 2 aliphatic carbocycles. The minimum absolute atomic E-state index is 0.389. The zero-order chi connectivity index (χ0) is 16.9. The van der Waals surface area contributed by atoms with Gasteiger partial charge in [0.05, 0.1) is 0 Å². The molecule has 0 radical (unpaired) electrons. The van der Waals surface area contributed by atoms with Gasteiger partial charge in [-0.3, -0.25) is 0 Å². The van der Waals surface area contributed by atoms with Crippen LogP contribution < -0.4 is 0 Å². The van der Waals surface area contributed by atoms with Gasteiger partial charge in [-0.1, -0.05) is 84.5 Å². The molecule has 2 aromatic rings. The number of benzene rings is 2. The molecule has 24 heavy (non-hydrogen) atoms. The first kappa shape index (κ1) is 17.9. The molecule has 0 amide bonds. The molecule has 1 unspecified atom stereocenters. The molecular weight excluding hydrogens is 414 g/mol. The van der Waals surface area contributed by atoms with Gasteiger partial charge < -0.3 is 0 Å². The van der Waals surface area contributed by atoms with Crippen LogP contribution in [0.3, 0.4) is 0 Å². The normalized spacial score (nSPS) is 18.0. The molecule has 0 nitrogen and oxygen atoms in total. The Bertz CT molecular complexity index is 759. The molecule has 2 aromatic carbocycles. The van der Waals surface area contributed by atoms with Gasteiger partial charge >= 0.3 is 37.9 Å². The van der Waals surface area contributed by atoms with E-state index in [0.29, 0.717) is 11.8 Å². The van der Waals surface area contributed by atoms with E-state index in [-0.39, 0.29) is 0 Å². The first-order valence-corrected chi connectivity index (χ1v) is 14.3. The number of hydrogen-bond acceptors (Lipinski definition) is 0. The maximum atomic E-state index is 4.93. The van der Waals surface area contributed by atoms with Crippen molar-refractivity contribution in [3.05, 3.63) is 95.6 Å². The Kier molecular flexibility index (Phi) is 6.33. The van der Waals surface area contributed by atoms with Crippen molar-refractivity contribution in [3.63, 3.8) is 0 Å². The van der Waals surface area contributed by atoms with E-state index in [4.69, 9.17) is 17.0 Å². The van der Waals surface area contributed by atoms with E-state index in [1.54, 1.807) is 0 Å². The second-order valence-corrected chi connectivity index (χ2v) is 9.69. The SMILES string of the molecule is CC1=CC(C=CC2c3ccccc3-c3ccccc32)C=C1.[Cl][Zr][Cl]. The molecule has 0 aliphatic heterocycles. The number of halogens is 2. The van der Waals surface area contributed by atoms with Gasteiger partial charge in [0.15, 0.2) is 0 Å². The summed E-state index contributed by atoms with van der Waals surface area (Å²) >= 11 is -0.826. The Morgan fingerprint density at radius 2 is 1.42 bits per heavy atom. The van der Waals surface area contributed by atoms with Crippen LogP contribution in [0.5, 0.6) is 0 Å². The van der Waals surface area contributed by atoms with Gasteiger partial charge in [0.25, 0.3) is 0 Å². The topological polar surface area (TPSA) is 0 Å². The molecule has 0 aromatic heterocycles. The van der Waals surface area contributed by atoms with Crippen LogP contribution in [0.4, 0.5) is 0 Å². The van der Waals surface area contributed by atoms with Crippen molar-refractivity contribution in [2.75, 3.05) is 0 Å². The fourth-order valence-corrected chi connectivity index (χ4v) is 3.44. The van der Waals surface area contributed by atoms with Gasteiger partial charge in [0.1, 0.15) is 0 Å². The fourth-order valence-electron chi connectivity index (χ4n) is 3.44. The molecule has 3 heteroatoms.